The number of hydrogen-bond donors (Lipinski definition) is 0. The third-order valence-electron chi connectivity index (χ3n) is 1.99. The summed E-state index contributed by atoms with van der Waals surface area (Å²) in [6.07, 6.45) is 0. The van der Waals surface area contributed by atoms with E-state index in [0.29, 0.717) is 15.6 Å². The van der Waals surface area contributed by atoms with Crippen LogP contribution in [0.25, 0.3) is 0 Å². The van der Waals surface area contributed by atoms with Gasteiger partial charge in [0.05, 0.1) is 12.7 Å². The lowest BCUT2D eigenvalue weighted by atomic mass is 10.1. The van der Waals surface area contributed by atoms with Crippen molar-refractivity contribution in [1.82, 2.24) is 0 Å². The monoisotopic (exact) mass is 304 g/mol. The van der Waals surface area contributed by atoms with E-state index in [2.05, 4.69) is 20.7 Å². The number of halogens is 2. The molecule has 16 heavy (non-hydrogen) atoms. The highest BCUT2D eigenvalue weighted by Crippen LogP contribution is 2.26. The largest absolute Gasteiger partial charge is 0.465 e. The highest BCUT2D eigenvalue weighted by molar-refractivity contribution is 9.10. The summed E-state index contributed by atoms with van der Waals surface area (Å²) in [5.41, 5.74) is 0.933. The Morgan fingerprint density at radius 2 is 2.00 bits per heavy atom. The van der Waals surface area contributed by atoms with Crippen molar-refractivity contribution in [3.8, 4) is 0 Å². The number of hydrogen-bond acceptors (Lipinski definition) is 3. The van der Waals surface area contributed by atoms with Gasteiger partial charge >= 0.3 is 5.97 Å². The Balaban J connectivity index is 3.17. The van der Waals surface area contributed by atoms with Gasteiger partial charge in [-0.15, -0.1) is 11.6 Å². The Hall–Kier alpha value is -0.870. The average molecular weight is 306 g/mol. The first-order chi connectivity index (χ1) is 7.45. The van der Waals surface area contributed by atoms with Gasteiger partial charge in [-0.3, -0.25) is 4.79 Å². The van der Waals surface area contributed by atoms with Crippen molar-refractivity contribution in [3.63, 3.8) is 0 Å². The molecule has 0 aliphatic heterocycles. The molecule has 1 aromatic rings. The molecule has 0 bridgehead atoms. The number of benzene rings is 1. The van der Waals surface area contributed by atoms with Gasteiger partial charge in [0.2, 0.25) is 0 Å². The summed E-state index contributed by atoms with van der Waals surface area (Å²) in [5, 5.41) is -0.749. The van der Waals surface area contributed by atoms with Gasteiger partial charge in [0, 0.05) is 4.47 Å². The van der Waals surface area contributed by atoms with E-state index in [4.69, 9.17) is 11.6 Å². The molecular weight excluding hydrogens is 295 g/mol. The molecule has 1 rings (SSSR count). The Labute approximate surface area is 107 Å². The molecule has 0 spiro atoms. The third-order valence-corrected chi connectivity index (χ3v) is 3.01. The SMILES string of the molecule is COC(=O)c1cc(Br)cc(C(Cl)C(C)=O)c1. The minimum absolute atomic E-state index is 0.171. The number of carbonyl (C=O) groups is 2. The van der Waals surface area contributed by atoms with Crippen molar-refractivity contribution in [3.05, 3.63) is 33.8 Å². The second-order valence-corrected chi connectivity index (χ2v) is 4.59. The quantitative estimate of drug-likeness (QED) is 0.636. The van der Waals surface area contributed by atoms with Crippen molar-refractivity contribution >= 4 is 39.3 Å². The van der Waals surface area contributed by atoms with Crippen molar-refractivity contribution in [2.45, 2.75) is 12.3 Å². The Morgan fingerprint density at radius 1 is 1.38 bits per heavy atom. The molecule has 5 heteroatoms. The molecule has 0 aliphatic rings. The molecule has 1 aromatic carbocycles. The van der Waals surface area contributed by atoms with Gasteiger partial charge in [0.15, 0.2) is 5.78 Å². The van der Waals surface area contributed by atoms with Crippen LogP contribution in [0, 0.1) is 0 Å². The standard InChI is InChI=1S/C11H10BrClO3/c1-6(14)10(13)7-3-8(11(15)16-2)5-9(12)4-7/h3-5,10H,1-2H3. The molecule has 1 atom stereocenters. The van der Waals surface area contributed by atoms with Gasteiger partial charge in [-0.05, 0) is 30.7 Å². The zero-order chi connectivity index (χ0) is 12.3. The maximum absolute atomic E-state index is 11.3. The number of ether oxygens (including phenoxy) is 1. The number of ketones is 1. The molecule has 0 amide bonds. The Morgan fingerprint density at radius 3 is 2.50 bits per heavy atom. The second kappa shape index (κ2) is 5.46. The molecule has 0 fully saturated rings. The fraction of sp³-hybridized carbons (Fsp3) is 0.273. The van der Waals surface area contributed by atoms with Crippen molar-refractivity contribution in [2.75, 3.05) is 7.11 Å². The number of rotatable bonds is 3. The normalized spacial score (nSPS) is 12.0. The van der Waals surface area contributed by atoms with E-state index < -0.39 is 11.3 Å². The van der Waals surface area contributed by atoms with Gasteiger partial charge in [-0.1, -0.05) is 15.9 Å². The summed E-state index contributed by atoms with van der Waals surface area (Å²) < 4.78 is 5.28. The second-order valence-electron chi connectivity index (χ2n) is 3.24. The van der Waals surface area contributed by atoms with Crippen molar-refractivity contribution < 1.29 is 14.3 Å². The zero-order valence-electron chi connectivity index (χ0n) is 8.79. The van der Waals surface area contributed by atoms with E-state index in [9.17, 15) is 9.59 Å². The van der Waals surface area contributed by atoms with Crippen LogP contribution in [-0.2, 0) is 9.53 Å². The van der Waals surface area contributed by atoms with Crippen LogP contribution < -0.4 is 0 Å². The molecular formula is C11H10BrClO3. The van der Waals surface area contributed by atoms with Crippen LogP contribution in [0.5, 0.6) is 0 Å². The van der Waals surface area contributed by atoms with Crippen LogP contribution in [0.4, 0.5) is 0 Å². The summed E-state index contributed by atoms with van der Waals surface area (Å²) in [6, 6.07) is 4.86. The van der Waals surface area contributed by atoms with E-state index in [1.807, 2.05) is 0 Å². The summed E-state index contributed by atoms with van der Waals surface area (Å²) >= 11 is 9.16. The molecule has 0 saturated carbocycles. The molecule has 86 valence electrons. The highest BCUT2D eigenvalue weighted by atomic mass is 79.9. The summed E-state index contributed by atoms with van der Waals surface area (Å²) in [5.74, 6) is -0.634. The number of esters is 1. The lowest BCUT2D eigenvalue weighted by Gasteiger charge is -2.08. The molecule has 0 aliphatic carbocycles. The van der Waals surface area contributed by atoms with E-state index >= 15 is 0 Å². The fourth-order valence-corrected chi connectivity index (χ4v) is 1.87. The first kappa shape index (κ1) is 13.2. The number of methoxy groups -OCH3 is 1. The predicted molar refractivity (Wildman–Crippen MR) is 64.8 cm³/mol. The van der Waals surface area contributed by atoms with Crippen LogP contribution in [0.3, 0.4) is 0 Å². The van der Waals surface area contributed by atoms with Gasteiger partial charge in [-0.25, -0.2) is 4.79 Å². The first-order valence-corrected chi connectivity index (χ1v) is 5.72. The topological polar surface area (TPSA) is 43.4 Å². The minimum atomic E-state index is -0.749. The smallest absolute Gasteiger partial charge is 0.337 e. The lowest BCUT2D eigenvalue weighted by molar-refractivity contribution is -0.116. The van der Waals surface area contributed by atoms with Crippen LogP contribution >= 0.6 is 27.5 Å². The first-order valence-electron chi connectivity index (χ1n) is 4.49. The van der Waals surface area contributed by atoms with Crippen LogP contribution in [0.1, 0.15) is 28.2 Å². The average Bonchev–Trinajstić information content (AvgIpc) is 2.25. The van der Waals surface area contributed by atoms with E-state index in [1.165, 1.54) is 14.0 Å². The Kier molecular flexibility index (Phi) is 4.50. The van der Waals surface area contributed by atoms with Crippen molar-refractivity contribution in [2.24, 2.45) is 0 Å². The number of alkyl halides is 1. The fourth-order valence-electron chi connectivity index (χ4n) is 1.23. The maximum atomic E-state index is 11.3. The molecule has 3 nitrogen and oxygen atoms in total. The molecule has 0 saturated heterocycles. The maximum Gasteiger partial charge on any atom is 0.337 e. The van der Waals surface area contributed by atoms with Gasteiger partial charge < -0.3 is 4.74 Å². The predicted octanol–water partition coefficient (Wildman–Crippen LogP) is 3.10. The zero-order valence-corrected chi connectivity index (χ0v) is 11.1. The molecule has 0 heterocycles. The summed E-state index contributed by atoms with van der Waals surface area (Å²) in [6.45, 7) is 1.40. The van der Waals surface area contributed by atoms with Gasteiger partial charge in [0.25, 0.3) is 0 Å². The Bertz CT molecular complexity index is 431. The highest BCUT2D eigenvalue weighted by Gasteiger charge is 2.16. The lowest BCUT2D eigenvalue weighted by Crippen LogP contribution is -2.06. The summed E-state index contributed by atoms with van der Waals surface area (Å²) in [4.78, 5) is 22.5. The van der Waals surface area contributed by atoms with E-state index in [1.54, 1.807) is 18.2 Å². The summed E-state index contributed by atoms with van der Waals surface area (Å²) in [7, 11) is 1.30. The molecule has 0 N–H and O–H groups in total. The van der Waals surface area contributed by atoms with Crippen LogP contribution in [0.2, 0.25) is 0 Å². The number of carbonyl (C=O) groups excluding carboxylic acids is 2. The van der Waals surface area contributed by atoms with Crippen molar-refractivity contribution in [1.29, 1.82) is 0 Å². The number of Topliss-reactive ketones (excluding diaryl/α,β-unsaturated/α-hetero) is 1. The van der Waals surface area contributed by atoms with Crippen LogP contribution in [0.15, 0.2) is 22.7 Å². The molecule has 1 unspecified atom stereocenters. The minimum Gasteiger partial charge on any atom is -0.465 e. The molecule has 0 radical (unpaired) electrons. The van der Waals surface area contributed by atoms with E-state index in [-0.39, 0.29) is 5.78 Å². The third kappa shape index (κ3) is 3.06. The van der Waals surface area contributed by atoms with Gasteiger partial charge in [-0.2, -0.15) is 0 Å². The molecule has 0 aromatic heterocycles. The van der Waals surface area contributed by atoms with E-state index in [0.717, 1.165) is 0 Å². The van der Waals surface area contributed by atoms with Crippen LogP contribution in [-0.4, -0.2) is 18.9 Å². The van der Waals surface area contributed by atoms with Gasteiger partial charge in [0.1, 0.15) is 5.38 Å².